The molecule has 1 aromatic carbocycles. The summed E-state index contributed by atoms with van der Waals surface area (Å²) in [6.07, 6.45) is 0. The fraction of sp³-hybridized carbons (Fsp3) is 0.538. The van der Waals surface area contributed by atoms with Crippen molar-refractivity contribution in [3.63, 3.8) is 0 Å². The van der Waals surface area contributed by atoms with Gasteiger partial charge in [0.25, 0.3) is 0 Å². The molecule has 2 rings (SSSR count). The van der Waals surface area contributed by atoms with Crippen LogP contribution >= 0.6 is 0 Å². The number of fused-ring (bicyclic) bond motifs is 1. The molecule has 0 fully saturated rings. The Morgan fingerprint density at radius 1 is 1.25 bits per heavy atom. The molecule has 1 aliphatic rings. The molecule has 0 bridgehead atoms. The summed E-state index contributed by atoms with van der Waals surface area (Å²) in [5.41, 5.74) is 1.22. The van der Waals surface area contributed by atoms with Crippen LogP contribution in [0.4, 0.5) is 0 Å². The molecule has 1 aliphatic heterocycles. The maximum absolute atomic E-state index is 5.74. The summed E-state index contributed by atoms with van der Waals surface area (Å²) in [6, 6.07) is 6.47. The number of nitrogens with one attached hydrogen (secondary N) is 1. The van der Waals surface area contributed by atoms with Gasteiger partial charge in [-0.1, -0.05) is 13.0 Å². The van der Waals surface area contributed by atoms with Crippen LogP contribution in [0.15, 0.2) is 18.2 Å². The highest BCUT2D eigenvalue weighted by atomic mass is 16.5. The van der Waals surface area contributed by atoms with Crippen molar-refractivity contribution in [3.05, 3.63) is 23.8 Å². The van der Waals surface area contributed by atoms with E-state index in [4.69, 9.17) is 9.47 Å². The van der Waals surface area contributed by atoms with Gasteiger partial charge < -0.3 is 14.8 Å². The van der Waals surface area contributed by atoms with E-state index in [1.165, 1.54) is 5.56 Å². The van der Waals surface area contributed by atoms with Crippen LogP contribution in [0.25, 0.3) is 0 Å². The van der Waals surface area contributed by atoms with E-state index in [2.05, 4.69) is 31.3 Å². The van der Waals surface area contributed by atoms with E-state index in [0.717, 1.165) is 24.7 Å². The lowest BCUT2D eigenvalue weighted by Gasteiger charge is -2.13. The minimum Gasteiger partial charge on any atom is -0.489 e. The highest BCUT2D eigenvalue weighted by Crippen LogP contribution is 2.32. The van der Waals surface area contributed by atoms with Gasteiger partial charge in [-0.15, -0.1) is 0 Å². The van der Waals surface area contributed by atoms with Gasteiger partial charge in [0.1, 0.15) is 0 Å². The molecule has 2 atom stereocenters. The molecule has 1 N–H and O–H groups in total. The molecule has 0 amide bonds. The van der Waals surface area contributed by atoms with Crippen LogP contribution < -0.4 is 14.8 Å². The summed E-state index contributed by atoms with van der Waals surface area (Å²) >= 11 is 0. The molecule has 0 spiro atoms. The molecule has 3 heteroatoms. The van der Waals surface area contributed by atoms with Gasteiger partial charge in [-0.05, 0) is 31.7 Å². The van der Waals surface area contributed by atoms with Crippen LogP contribution in [-0.4, -0.2) is 20.3 Å². The number of hydrogen-bond acceptors (Lipinski definition) is 3. The van der Waals surface area contributed by atoms with Crippen molar-refractivity contribution in [1.82, 2.24) is 5.32 Å². The minimum atomic E-state index is 0.328. The van der Waals surface area contributed by atoms with Crippen molar-refractivity contribution in [2.75, 3.05) is 20.3 Å². The first-order valence-corrected chi connectivity index (χ1v) is 5.77. The Hall–Kier alpha value is -1.22. The SMILES string of the molecule is CNC(C)c1ccc2c(c1)OCC(C)CO2. The van der Waals surface area contributed by atoms with Gasteiger partial charge in [-0.2, -0.15) is 0 Å². The second-order valence-electron chi connectivity index (χ2n) is 4.44. The first kappa shape index (κ1) is 11.3. The summed E-state index contributed by atoms with van der Waals surface area (Å²) < 4.78 is 11.4. The molecule has 16 heavy (non-hydrogen) atoms. The maximum Gasteiger partial charge on any atom is 0.161 e. The van der Waals surface area contributed by atoms with Crippen molar-refractivity contribution in [1.29, 1.82) is 0 Å². The van der Waals surface area contributed by atoms with Crippen molar-refractivity contribution in [2.24, 2.45) is 5.92 Å². The van der Waals surface area contributed by atoms with E-state index in [9.17, 15) is 0 Å². The minimum absolute atomic E-state index is 0.328. The summed E-state index contributed by atoms with van der Waals surface area (Å²) in [6.45, 7) is 5.71. The quantitative estimate of drug-likeness (QED) is 0.831. The highest BCUT2D eigenvalue weighted by Gasteiger charge is 2.16. The van der Waals surface area contributed by atoms with E-state index >= 15 is 0 Å². The third kappa shape index (κ3) is 2.30. The Morgan fingerprint density at radius 3 is 2.62 bits per heavy atom. The molecule has 1 heterocycles. The third-order valence-corrected chi connectivity index (χ3v) is 2.95. The monoisotopic (exact) mass is 221 g/mol. The fourth-order valence-electron chi connectivity index (χ4n) is 1.70. The van der Waals surface area contributed by atoms with Crippen molar-refractivity contribution in [2.45, 2.75) is 19.9 Å². The standard InChI is InChI=1S/C13H19NO2/c1-9-7-15-12-5-4-11(10(2)14-3)6-13(12)16-8-9/h4-6,9-10,14H,7-8H2,1-3H3. The van der Waals surface area contributed by atoms with Crippen LogP contribution in [0.2, 0.25) is 0 Å². The van der Waals surface area contributed by atoms with E-state index in [0.29, 0.717) is 12.0 Å². The Bertz CT molecular complexity index is 365. The lowest BCUT2D eigenvalue weighted by molar-refractivity contribution is 0.228. The second-order valence-corrected chi connectivity index (χ2v) is 4.44. The average Bonchev–Trinajstić information content (AvgIpc) is 2.50. The zero-order valence-corrected chi connectivity index (χ0v) is 10.1. The zero-order valence-electron chi connectivity index (χ0n) is 10.1. The van der Waals surface area contributed by atoms with Crippen LogP contribution in [0.1, 0.15) is 25.5 Å². The van der Waals surface area contributed by atoms with Crippen molar-refractivity contribution >= 4 is 0 Å². The highest BCUT2D eigenvalue weighted by molar-refractivity contribution is 5.44. The van der Waals surface area contributed by atoms with Crippen LogP contribution in [0.5, 0.6) is 11.5 Å². The Kier molecular flexibility index (Phi) is 3.34. The molecule has 0 saturated carbocycles. The first-order chi connectivity index (χ1) is 7.70. The molecule has 0 aromatic heterocycles. The summed E-state index contributed by atoms with van der Waals surface area (Å²) in [4.78, 5) is 0. The Labute approximate surface area is 96.8 Å². The van der Waals surface area contributed by atoms with Gasteiger partial charge in [0, 0.05) is 12.0 Å². The third-order valence-electron chi connectivity index (χ3n) is 2.95. The van der Waals surface area contributed by atoms with E-state index in [1.54, 1.807) is 0 Å². The van der Waals surface area contributed by atoms with Gasteiger partial charge in [0.2, 0.25) is 0 Å². The van der Waals surface area contributed by atoms with Crippen LogP contribution in [-0.2, 0) is 0 Å². The molecule has 1 aromatic rings. The fourth-order valence-corrected chi connectivity index (χ4v) is 1.70. The Balaban J connectivity index is 2.25. The number of benzene rings is 1. The maximum atomic E-state index is 5.74. The molecule has 0 radical (unpaired) electrons. The van der Waals surface area contributed by atoms with E-state index in [1.807, 2.05) is 13.1 Å². The van der Waals surface area contributed by atoms with Gasteiger partial charge in [-0.3, -0.25) is 0 Å². The molecular formula is C13H19NO2. The summed E-state index contributed by atoms with van der Waals surface area (Å²) in [7, 11) is 1.95. The van der Waals surface area contributed by atoms with E-state index in [-0.39, 0.29) is 0 Å². The molecule has 0 saturated heterocycles. The predicted molar refractivity (Wildman–Crippen MR) is 64.1 cm³/mol. The lowest BCUT2D eigenvalue weighted by Crippen LogP contribution is -2.12. The predicted octanol–water partition coefficient (Wildman–Crippen LogP) is 2.37. The Morgan fingerprint density at radius 2 is 1.94 bits per heavy atom. The lowest BCUT2D eigenvalue weighted by atomic mass is 10.1. The van der Waals surface area contributed by atoms with Gasteiger partial charge in [0.15, 0.2) is 11.5 Å². The molecule has 3 nitrogen and oxygen atoms in total. The van der Waals surface area contributed by atoms with Gasteiger partial charge >= 0.3 is 0 Å². The number of hydrogen-bond donors (Lipinski definition) is 1. The zero-order chi connectivity index (χ0) is 11.5. The van der Waals surface area contributed by atoms with Crippen molar-refractivity contribution in [3.8, 4) is 11.5 Å². The molecule has 2 unspecified atom stereocenters. The summed E-state index contributed by atoms with van der Waals surface area (Å²) in [5.74, 6) is 2.16. The summed E-state index contributed by atoms with van der Waals surface area (Å²) in [5, 5.41) is 3.22. The number of ether oxygens (including phenoxy) is 2. The van der Waals surface area contributed by atoms with Gasteiger partial charge in [0.05, 0.1) is 13.2 Å². The topological polar surface area (TPSA) is 30.5 Å². The normalized spacial score (nSPS) is 21.3. The molecule has 88 valence electrons. The van der Waals surface area contributed by atoms with Crippen molar-refractivity contribution < 1.29 is 9.47 Å². The average molecular weight is 221 g/mol. The first-order valence-electron chi connectivity index (χ1n) is 5.77. The molecular weight excluding hydrogens is 202 g/mol. The molecule has 0 aliphatic carbocycles. The largest absolute Gasteiger partial charge is 0.489 e. The van der Waals surface area contributed by atoms with Crippen LogP contribution in [0, 0.1) is 5.92 Å². The number of rotatable bonds is 2. The smallest absolute Gasteiger partial charge is 0.161 e. The van der Waals surface area contributed by atoms with E-state index < -0.39 is 0 Å². The van der Waals surface area contributed by atoms with Crippen LogP contribution in [0.3, 0.4) is 0 Å². The van der Waals surface area contributed by atoms with Gasteiger partial charge in [-0.25, -0.2) is 0 Å². The second kappa shape index (κ2) is 4.74.